The largest absolute Gasteiger partial charge is 0.493 e. The van der Waals surface area contributed by atoms with Gasteiger partial charge in [0.1, 0.15) is 0 Å². The molecule has 2 aromatic carbocycles. The van der Waals surface area contributed by atoms with Crippen LogP contribution >= 0.6 is 0 Å². The highest BCUT2D eigenvalue weighted by atomic mass is 32.2. The first kappa shape index (κ1) is 19.5. The molecular weight excluding hydrogens is 356 g/mol. The van der Waals surface area contributed by atoms with Gasteiger partial charge in [0.25, 0.3) is 0 Å². The number of esters is 1. The number of benzene rings is 2. The summed E-state index contributed by atoms with van der Waals surface area (Å²) in [6.45, 7) is 0. The molecule has 0 aliphatic heterocycles. The van der Waals surface area contributed by atoms with Crippen molar-refractivity contribution in [3.05, 3.63) is 59.7 Å². The zero-order chi connectivity index (χ0) is 19.2. The summed E-state index contributed by atoms with van der Waals surface area (Å²) < 4.78 is 40.3. The number of ether oxygens (including phenoxy) is 3. The fourth-order valence-corrected chi connectivity index (χ4v) is 3.70. The van der Waals surface area contributed by atoms with Crippen molar-refractivity contribution in [2.45, 2.75) is 4.90 Å². The lowest BCUT2D eigenvalue weighted by Gasteiger charge is -2.10. The van der Waals surface area contributed by atoms with Crippen LogP contribution in [0.5, 0.6) is 11.5 Å². The monoisotopic (exact) mass is 376 g/mol. The molecule has 0 aliphatic rings. The van der Waals surface area contributed by atoms with Gasteiger partial charge < -0.3 is 14.2 Å². The van der Waals surface area contributed by atoms with Crippen LogP contribution in [-0.4, -0.2) is 41.5 Å². The molecule has 0 aromatic heterocycles. The second-order valence-corrected chi connectivity index (χ2v) is 7.34. The first-order valence-electron chi connectivity index (χ1n) is 7.70. The lowest BCUT2D eigenvalue weighted by molar-refractivity contribution is -0.135. The topological polar surface area (TPSA) is 78.9 Å². The fraction of sp³-hybridized carbons (Fsp3) is 0.211. The van der Waals surface area contributed by atoms with Gasteiger partial charge in [0.05, 0.1) is 37.6 Å². The van der Waals surface area contributed by atoms with Gasteiger partial charge in [-0.05, 0) is 35.9 Å². The van der Waals surface area contributed by atoms with Gasteiger partial charge >= 0.3 is 5.97 Å². The number of carbonyl (C=O) groups is 1. The van der Waals surface area contributed by atoms with E-state index < -0.39 is 21.6 Å². The second-order valence-electron chi connectivity index (χ2n) is 5.35. The summed E-state index contributed by atoms with van der Waals surface area (Å²) in [5.74, 6) is -0.185. The molecule has 138 valence electrons. The quantitative estimate of drug-likeness (QED) is 0.546. The maximum absolute atomic E-state index is 12.6. The Labute approximate surface area is 152 Å². The van der Waals surface area contributed by atoms with Crippen LogP contribution in [-0.2, 0) is 19.4 Å². The van der Waals surface area contributed by atoms with E-state index in [0.717, 1.165) is 0 Å². The summed E-state index contributed by atoms with van der Waals surface area (Å²) in [7, 11) is 0.526. The lowest BCUT2D eigenvalue weighted by Crippen LogP contribution is -2.16. The van der Waals surface area contributed by atoms with Crippen LogP contribution < -0.4 is 9.47 Å². The van der Waals surface area contributed by atoms with Crippen molar-refractivity contribution in [2.75, 3.05) is 27.1 Å². The van der Waals surface area contributed by atoms with Crippen molar-refractivity contribution in [1.82, 2.24) is 0 Å². The molecule has 2 rings (SSSR count). The number of hydrogen-bond donors (Lipinski definition) is 0. The maximum Gasteiger partial charge on any atom is 0.334 e. The Morgan fingerprint density at radius 1 is 0.962 bits per heavy atom. The van der Waals surface area contributed by atoms with E-state index in [4.69, 9.17) is 14.2 Å². The average molecular weight is 376 g/mol. The van der Waals surface area contributed by atoms with Crippen LogP contribution in [0.15, 0.2) is 59.0 Å². The lowest BCUT2D eigenvalue weighted by atomic mass is 10.1. The van der Waals surface area contributed by atoms with Crippen LogP contribution in [0.3, 0.4) is 0 Å². The van der Waals surface area contributed by atoms with Gasteiger partial charge in [-0.3, -0.25) is 0 Å². The van der Waals surface area contributed by atoms with Crippen molar-refractivity contribution < 1.29 is 27.4 Å². The number of hydrogen-bond acceptors (Lipinski definition) is 6. The molecule has 0 spiro atoms. The molecule has 7 heteroatoms. The zero-order valence-corrected chi connectivity index (χ0v) is 15.6. The van der Waals surface area contributed by atoms with E-state index >= 15 is 0 Å². The first-order valence-corrected chi connectivity index (χ1v) is 9.35. The molecule has 0 N–H and O–H groups in total. The van der Waals surface area contributed by atoms with Crippen LogP contribution in [0, 0.1) is 0 Å². The highest BCUT2D eigenvalue weighted by molar-refractivity contribution is 7.91. The van der Waals surface area contributed by atoms with Crippen molar-refractivity contribution >= 4 is 21.9 Å². The van der Waals surface area contributed by atoms with Gasteiger partial charge in [0, 0.05) is 0 Å². The molecule has 0 fully saturated rings. The molecule has 0 heterocycles. The Bertz CT molecular complexity index is 901. The van der Waals surface area contributed by atoms with Gasteiger partial charge in [0.2, 0.25) is 0 Å². The Morgan fingerprint density at radius 2 is 1.62 bits per heavy atom. The summed E-state index contributed by atoms with van der Waals surface area (Å²) in [5, 5.41) is 0. The molecular formula is C19H20O6S. The molecule has 0 unspecified atom stereocenters. The summed E-state index contributed by atoms with van der Waals surface area (Å²) in [4.78, 5) is 12.2. The third kappa shape index (κ3) is 4.64. The maximum atomic E-state index is 12.6. The third-order valence-corrected chi connectivity index (χ3v) is 5.33. The van der Waals surface area contributed by atoms with Crippen molar-refractivity contribution in [3.8, 4) is 11.5 Å². The summed E-state index contributed by atoms with van der Waals surface area (Å²) in [5.41, 5.74) is 0.606. The smallest absolute Gasteiger partial charge is 0.334 e. The van der Waals surface area contributed by atoms with Crippen molar-refractivity contribution in [1.29, 1.82) is 0 Å². The predicted octanol–water partition coefficient (Wildman–Crippen LogP) is 2.73. The standard InChI is InChI=1S/C19H20O6S/c1-23-17-10-9-14(12-18(17)24-2)11-15(19(20)25-3)13-26(21,22)16-7-5-4-6-8-16/h4-12H,13H2,1-3H3/b15-11-. The Kier molecular flexibility index (Phi) is 6.41. The van der Waals surface area contributed by atoms with Crippen molar-refractivity contribution in [3.63, 3.8) is 0 Å². The predicted molar refractivity (Wildman–Crippen MR) is 98.0 cm³/mol. The number of methoxy groups -OCH3 is 3. The van der Waals surface area contributed by atoms with Gasteiger partial charge in [-0.15, -0.1) is 0 Å². The van der Waals surface area contributed by atoms with Crippen molar-refractivity contribution in [2.24, 2.45) is 0 Å². The number of carbonyl (C=O) groups excluding carboxylic acids is 1. The Balaban J connectivity index is 2.42. The zero-order valence-electron chi connectivity index (χ0n) is 14.8. The van der Waals surface area contributed by atoms with Gasteiger partial charge in [0.15, 0.2) is 21.3 Å². The second kappa shape index (κ2) is 8.53. The van der Waals surface area contributed by atoms with Gasteiger partial charge in [-0.25, -0.2) is 13.2 Å². The average Bonchev–Trinajstić information content (AvgIpc) is 2.67. The molecule has 0 atom stereocenters. The SMILES string of the molecule is COC(=O)/C(=C\c1ccc(OC)c(OC)c1)CS(=O)(=O)c1ccccc1. The minimum atomic E-state index is -3.69. The molecule has 6 nitrogen and oxygen atoms in total. The van der Waals surface area contributed by atoms with E-state index in [1.165, 1.54) is 39.5 Å². The normalized spacial score (nSPS) is 11.7. The Morgan fingerprint density at radius 3 is 2.19 bits per heavy atom. The summed E-state index contributed by atoms with van der Waals surface area (Å²) in [6.07, 6.45) is 1.47. The van der Waals surface area contributed by atoms with Gasteiger partial charge in [-0.2, -0.15) is 0 Å². The van der Waals surface area contributed by atoms with E-state index in [1.54, 1.807) is 36.4 Å². The highest BCUT2D eigenvalue weighted by Gasteiger charge is 2.21. The highest BCUT2D eigenvalue weighted by Crippen LogP contribution is 2.28. The third-order valence-electron chi connectivity index (χ3n) is 3.64. The van der Waals surface area contributed by atoms with Gasteiger partial charge in [-0.1, -0.05) is 24.3 Å². The minimum Gasteiger partial charge on any atom is -0.493 e. The van der Waals surface area contributed by atoms with Crippen LogP contribution in [0.2, 0.25) is 0 Å². The van der Waals surface area contributed by atoms with E-state index in [0.29, 0.717) is 17.1 Å². The van der Waals surface area contributed by atoms with Crippen LogP contribution in [0.25, 0.3) is 6.08 Å². The van der Waals surface area contributed by atoms with E-state index in [9.17, 15) is 13.2 Å². The molecule has 0 aliphatic carbocycles. The summed E-state index contributed by atoms with van der Waals surface area (Å²) in [6, 6.07) is 13.0. The van der Waals surface area contributed by atoms with Crippen LogP contribution in [0.1, 0.15) is 5.56 Å². The van der Waals surface area contributed by atoms with E-state index in [2.05, 4.69) is 0 Å². The molecule has 2 aromatic rings. The Hall–Kier alpha value is -2.80. The first-order chi connectivity index (χ1) is 12.4. The molecule has 0 bridgehead atoms. The molecule has 0 saturated carbocycles. The van der Waals surface area contributed by atoms with E-state index in [-0.39, 0.29) is 10.5 Å². The molecule has 0 radical (unpaired) electrons. The minimum absolute atomic E-state index is 0.0172. The molecule has 0 amide bonds. The van der Waals surface area contributed by atoms with E-state index in [1.807, 2.05) is 0 Å². The molecule has 0 saturated heterocycles. The number of sulfone groups is 1. The number of rotatable bonds is 7. The summed E-state index contributed by atoms with van der Waals surface area (Å²) >= 11 is 0. The molecule has 26 heavy (non-hydrogen) atoms. The van der Waals surface area contributed by atoms with Crippen LogP contribution in [0.4, 0.5) is 0 Å². The fourth-order valence-electron chi connectivity index (χ4n) is 2.35.